The van der Waals surface area contributed by atoms with Crippen LogP contribution in [0.25, 0.3) is 0 Å². The Kier molecular flexibility index (Phi) is 20.9. The number of halogens is 1. The van der Waals surface area contributed by atoms with Gasteiger partial charge in [0.1, 0.15) is 18.2 Å². The molecule has 3 amide bonds. The van der Waals surface area contributed by atoms with Crippen molar-refractivity contribution in [2.75, 3.05) is 62.5 Å². The first kappa shape index (κ1) is 53.8. The van der Waals surface area contributed by atoms with E-state index in [2.05, 4.69) is 54.8 Å². The standard InChI is InChI=1S/C15H19N3O6.C14H16N2O3.C9H9BrN2O5.C6H11NO/c1-3-10-7-13(19)17(8-10)12-6-5-11(15(16-12)18(21)22)24-9-14(20)23-4-2;1-2-9-5-14(18)16(7-9)13-4-3-12-11(15-13)6-10(17)8-19-12;1-2-16-8(13)5-17-6-3-4-7(10)11-9(6)12(14)15;1-2-5-3-6(8)7-4-5/h5-6,10H,3-4,7-9H2,1-2H3;3-4,9H,2,5-8H2,1H3;3-4H,2,5H2,1H3;5H,2-4H2,1H3,(H,7,8)/t10-;9-;;5-/m11.1/s1. The van der Waals surface area contributed by atoms with E-state index in [1.165, 1.54) is 29.2 Å². The van der Waals surface area contributed by atoms with E-state index in [1.54, 1.807) is 30.9 Å². The molecule has 1 N–H and O–H groups in total. The maximum Gasteiger partial charge on any atom is 0.408 e. The molecule has 0 bridgehead atoms. The Morgan fingerprint density at radius 2 is 1.22 bits per heavy atom. The number of hydrogen-bond acceptors (Lipinski definition) is 18. The van der Waals surface area contributed by atoms with Crippen LogP contribution in [0, 0.1) is 38.0 Å². The summed E-state index contributed by atoms with van der Waals surface area (Å²) >= 11 is 3.01. The van der Waals surface area contributed by atoms with Crippen LogP contribution < -0.4 is 29.3 Å². The average Bonchev–Trinajstić information content (AvgIpc) is 4.05. The number of nitrogens with zero attached hydrogens (tertiary/aromatic N) is 7. The number of pyridine rings is 3. The van der Waals surface area contributed by atoms with E-state index in [0.29, 0.717) is 59.5 Å². The second kappa shape index (κ2) is 26.5. The monoisotopic (exact) mass is 1010 g/mol. The van der Waals surface area contributed by atoms with Gasteiger partial charge in [0.2, 0.25) is 33.8 Å². The van der Waals surface area contributed by atoms with Crippen LogP contribution in [0.1, 0.15) is 78.8 Å². The maximum atomic E-state index is 12.0. The highest BCUT2D eigenvalue weighted by Gasteiger charge is 2.34. The van der Waals surface area contributed by atoms with Gasteiger partial charge < -0.3 is 49.2 Å². The van der Waals surface area contributed by atoms with E-state index in [9.17, 15) is 49.0 Å². The molecule has 3 atom stereocenters. The van der Waals surface area contributed by atoms with E-state index >= 15 is 0 Å². The molecular weight excluding hydrogens is 960 g/mol. The molecule has 7 heterocycles. The van der Waals surface area contributed by atoms with E-state index in [-0.39, 0.29) is 66.6 Å². The van der Waals surface area contributed by atoms with E-state index in [4.69, 9.17) is 18.9 Å². The highest BCUT2D eigenvalue weighted by atomic mass is 79.9. The summed E-state index contributed by atoms with van der Waals surface area (Å²) in [6.07, 6.45) is 5.01. The summed E-state index contributed by atoms with van der Waals surface area (Å²) < 4.78 is 25.0. The number of nitro groups is 2. The fourth-order valence-electron chi connectivity index (χ4n) is 6.94. The Hall–Kier alpha value is -6.85. The zero-order valence-electron chi connectivity index (χ0n) is 38.4. The van der Waals surface area contributed by atoms with Gasteiger partial charge in [0.05, 0.1) is 25.3 Å². The molecule has 0 aliphatic carbocycles. The summed E-state index contributed by atoms with van der Waals surface area (Å²) in [7, 11) is 0. The molecular formula is C44H55BrN8O15. The number of esters is 2. The lowest BCUT2D eigenvalue weighted by molar-refractivity contribution is -0.390. The predicted octanol–water partition coefficient (Wildman–Crippen LogP) is 5.27. The van der Waals surface area contributed by atoms with Crippen molar-refractivity contribution in [1.82, 2.24) is 20.3 Å². The van der Waals surface area contributed by atoms with Gasteiger partial charge in [0, 0.05) is 67.0 Å². The zero-order valence-corrected chi connectivity index (χ0v) is 40.0. The number of Topliss-reactive ketones (excluding diaryl/α,β-unsaturated/α-hetero) is 1. The molecule has 3 aromatic rings. The number of carbonyl (C=O) groups excluding carboxylic acids is 6. The summed E-state index contributed by atoms with van der Waals surface area (Å²) in [5.41, 5.74) is 0.640. The van der Waals surface area contributed by atoms with Crippen LogP contribution in [0.3, 0.4) is 0 Å². The number of ether oxygens (including phenoxy) is 5. The minimum absolute atomic E-state index is 0.0244. The van der Waals surface area contributed by atoms with Crippen LogP contribution in [0.2, 0.25) is 0 Å². The number of fused-ring (bicyclic) bond motifs is 1. The molecule has 24 heteroatoms. The van der Waals surface area contributed by atoms with Gasteiger partial charge in [-0.05, 0) is 75.7 Å². The quantitative estimate of drug-likeness (QED) is 0.0877. The molecule has 4 aliphatic rings. The van der Waals surface area contributed by atoms with Crippen molar-refractivity contribution in [3.05, 3.63) is 66.9 Å². The smallest absolute Gasteiger partial charge is 0.408 e. The number of anilines is 2. The summed E-state index contributed by atoms with van der Waals surface area (Å²) in [4.78, 5) is 104. The van der Waals surface area contributed by atoms with Crippen LogP contribution in [-0.2, 0) is 44.7 Å². The number of amides is 3. The number of ketones is 1. The van der Waals surface area contributed by atoms with Gasteiger partial charge in [-0.1, -0.05) is 40.0 Å². The Balaban J connectivity index is 0.000000208. The molecule has 3 aromatic heterocycles. The zero-order chi connectivity index (χ0) is 49.9. The van der Waals surface area contributed by atoms with Gasteiger partial charge in [-0.25, -0.2) is 14.6 Å². The van der Waals surface area contributed by atoms with E-state index < -0.39 is 46.6 Å². The van der Waals surface area contributed by atoms with Crippen molar-refractivity contribution in [1.29, 1.82) is 0 Å². The van der Waals surface area contributed by atoms with Crippen LogP contribution in [-0.4, -0.2) is 113 Å². The molecule has 3 saturated heterocycles. The molecule has 23 nitrogen and oxygen atoms in total. The lowest BCUT2D eigenvalue weighted by Gasteiger charge is -2.20. The molecule has 0 radical (unpaired) electrons. The van der Waals surface area contributed by atoms with Gasteiger partial charge in [0.15, 0.2) is 19.0 Å². The Morgan fingerprint density at radius 1 is 0.721 bits per heavy atom. The lowest BCUT2D eigenvalue weighted by atomic mass is 10.1. The molecule has 0 aromatic carbocycles. The summed E-state index contributed by atoms with van der Waals surface area (Å²) in [6, 6.07) is 9.25. The van der Waals surface area contributed by atoms with Gasteiger partial charge in [-0.3, -0.25) is 29.0 Å². The van der Waals surface area contributed by atoms with Crippen molar-refractivity contribution in [3.63, 3.8) is 0 Å². The van der Waals surface area contributed by atoms with Crippen LogP contribution in [0.15, 0.2) is 41.0 Å². The molecule has 4 aliphatic heterocycles. The van der Waals surface area contributed by atoms with Crippen molar-refractivity contribution < 1.29 is 62.3 Å². The molecule has 368 valence electrons. The van der Waals surface area contributed by atoms with Gasteiger partial charge in [0.25, 0.3) is 5.82 Å². The fraction of sp³-hybridized carbons (Fsp3) is 0.523. The molecule has 3 fully saturated rings. The molecule has 7 rings (SSSR count). The number of carbonyl (C=O) groups is 6. The first-order chi connectivity index (χ1) is 32.5. The largest absolute Gasteiger partial charge is 0.484 e. The number of nitrogens with one attached hydrogen (secondary N) is 1. The van der Waals surface area contributed by atoms with Crippen molar-refractivity contribution in [2.45, 2.75) is 79.6 Å². The Morgan fingerprint density at radius 3 is 1.68 bits per heavy atom. The molecule has 68 heavy (non-hydrogen) atoms. The number of aromatic nitrogens is 3. The maximum absolute atomic E-state index is 12.0. The number of hydrogen-bond donors (Lipinski definition) is 1. The normalized spacial score (nSPS) is 18.0. The summed E-state index contributed by atoms with van der Waals surface area (Å²) in [5.74, 6) is 0.561. The van der Waals surface area contributed by atoms with Crippen LogP contribution in [0.5, 0.6) is 17.2 Å². The van der Waals surface area contributed by atoms with Crippen LogP contribution >= 0.6 is 15.9 Å². The van der Waals surface area contributed by atoms with E-state index in [0.717, 1.165) is 38.8 Å². The summed E-state index contributed by atoms with van der Waals surface area (Å²) in [6.45, 7) is 11.3. The second-order valence-electron chi connectivity index (χ2n) is 15.5. The fourth-order valence-corrected chi connectivity index (χ4v) is 7.24. The van der Waals surface area contributed by atoms with Gasteiger partial charge in [-0.15, -0.1) is 0 Å². The highest BCUT2D eigenvalue weighted by molar-refractivity contribution is 9.10. The Bertz CT molecular complexity index is 2320. The van der Waals surface area contributed by atoms with Crippen LogP contribution in [0.4, 0.5) is 23.3 Å². The topological polar surface area (TPSA) is 292 Å². The first-order valence-corrected chi connectivity index (χ1v) is 22.8. The third-order valence-corrected chi connectivity index (χ3v) is 11.1. The minimum atomic E-state index is -0.707. The lowest BCUT2D eigenvalue weighted by Crippen LogP contribution is -2.27. The summed E-state index contributed by atoms with van der Waals surface area (Å²) in [5, 5.41) is 24.7. The minimum Gasteiger partial charge on any atom is -0.484 e. The third-order valence-electron chi connectivity index (χ3n) is 10.7. The third kappa shape index (κ3) is 15.9. The average molecular weight is 1020 g/mol. The first-order valence-electron chi connectivity index (χ1n) is 22.0. The molecule has 0 spiro atoms. The second-order valence-corrected chi connectivity index (χ2v) is 16.3. The predicted molar refractivity (Wildman–Crippen MR) is 245 cm³/mol. The van der Waals surface area contributed by atoms with Gasteiger partial charge >= 0.3 is 23.6 Å². The molecule has 0 saturated carbocycles. The highest BCUT2D eigenvalue weighted by Crippen LogP contribution is 2.33. The van der Waals surface area contributed by atoms with Crippen molar-refractivity contribution >= 4 is 74.6 Å². The van der Waals surface area contributed by atoms with Crippen molar-refractivity contribution in [3.8, 4) is 17.2 Å². The van der Waals surface area contributed by atoms with E-state index in [1.807, 2.05) is 6.92 Å². The molecule has 0 unspecified atom stereocenters. The van der Waals surface area contributed by atoms with Crippen molar-refractivity contribution in [2.24, 2.45) is 17.8 Å². The Labute approximate surface area is 400 Å². The SMILES string of the molecule is CCOC(=O)COc1ccc(Br)nc1[N+](=O)[O-].CCOC(=O)COc1ccc(N2C[C@H](CC)CC2=O)nc1[N+](=O)[O-].CC[C@@H]1CC(=O)N(c2ccc3c(n2)CC(=O)CO3)C1.CC[C@H]1CNC(=O)C1. The van der Waals surface area contributed by atoms with Gasteiger partial charge in [-0.2, -0.15) is 0 Å². The number of rotatable bonds is 15.